The van der Waals surface area contributed by atoms with Crippen molar-refractivity contribution in [2.24, 2.45) is 0 Å². The molecule has 1 aliphatic rings. The average Bonchev–Trinajstić information content (AvgIpc) is 2.94. The Balaban J connectivity index is 1.54. The number of esters is 1. The van der Waals surface area contributed by atoms with Gasteiger partial charge < -0.3 is 9.64 Å². The summed E-state index contributed by atoms with van der Waals surface area (Å²) in [6.45, 7) is 3.94. The van der Waals surface area contributed by atoms with Gasteiger partial charge in [0, 0.05) is 12.6 Å². The minimum atomic E-state index is -0.0890. The first-order chi connectivity index (χ1) is 10.3. The maximum absolute atomic E-state index is 11.6. The van der Waals surface area contributed by atoms with Gasteiger partial charge in [-0.1, -0.05) is 32.6 Å². The first-order valence-electron chi connectivity index (χ1n) is 7.75. The summed E-state index contributed by atoms with van der Waals surface area (Å²) in [5.74, 6) is 0.768. The van der Waals surface area contributed by atoms with Crippen molar-refractivity contribution in [3.05, 3.63) is 18.4 Å². The zero-order valence-electron chi connectivity index (χ0n) is 12.7. The number of carbonyl (C=O) groups is 1. The lowest BCUT2D eigenvalue weighted by molar-refractivity contribution is -0.144. The van der Waals surface area contributed by atoms with Crippen molar-refractivity contribution in [3.63, 3.8) is 0 Å². The molecule has 0 atom stereocenters. The summed E-state index contributed by atoms with van der Waals surface area (Å²) < 4.78 is 7.08. The van der Waals surface area contributed by atoms with E-state index < -0.39 is 0 Å². The summed E-state index contributed by atoms with van der Waals surface area (Å²) >= 11 is 0. The summed E-state index contributed by atoms with van der Waals surface area (Å²) in [6, 6.07) is 0. The molecule has 0 N–H and O–H groups in total. The fourth-order valence-electron chi connectivity index (χ4n) is 2.27. The summed E-state index contributed by atoms with van der Waals surface area (Å²) in [5, 5.41) is 4.12. The van der Waals surface area contributed by atoms with E-state index in [1.54, 1.807) is 6.33 Å². The molecule has 0 aliphatic carbocycles. The van der Waals surface area contributed by atoms with E-state index in [4.69, 9.17) is 4.74 Å². The second-order valence-electron chi connectivity index (χ2n) is 5.27. The first-order valence-corrected chi connectivity index (χ1v) is 7.75. The maximum Gasteiger partial charge on any atom is 0.305 e. The minimum Gasteiger partial charge on any atom is -0.464 e. The van der Waals surface area contributed by atoms with E-state index in [2.05, 4.69) is 21.9 Å². The van der Waals surface area contributed by atoms with Gasteiger partial charge in [-0.05, 0) is 12.5 Å². The molecule has 0 bridgehead atoms. The van der Waals surface area contributed by atoms with Gasteiger partial charge >= 0.3 is 5.97 Å². The highest BCUT2D eigenvalue weighted by atomic mass is 16.5. The molecule has 0 aromatic carbocycles. The van der Waals surface area contributed by atoms with E-state index in [1.165, 1.54) is 19.3 Å². The molecular formula is C15H24N4O2. The molecule has 2 rings (SSSR count). The van der Waals surface area contributed by atoms with Crippen LogP contribution in [0.1, 0.15) is 51.3 Å². The average molecular weight is 292 g/mol. The molecule has 2 heterocycles. The number of carbonyl (C=O) groups excluding carboxylic acids is 1. The summed E-state index contributed by atoms with van der Waals surface area (Å²) in [4.78, 5) is 17.7. The SMILES string of the molecule is CCCCCCCC(=O)OCCN1C=Cc2ncnn2C1. The lowest BCUT2D eigenvalue weighted by atomic mass is 10.1. The third-order valence-corrected chi connectivity index (χ3v) is 3.52. The van der Waals surface area contributed by atoms with Crippen LogP contribution in [0.2, 0.25) is 0 Å². The Hall–Kier alpha value is -1.85. The molecule has 0 fully saturated rings. The lowest BCUT2D eigenvalue weighted by Gasteiger charge is -2.23. The van der Waals surface area contributed by atoms with Crippen LogP contribution in [0.15, 0.2) is 12.5 Å². The Morgan fingerprint density at radius 1 is 1.33 bits per heavy atom. The van der Waals surface area contributed by atoms with E-state index in [0.29, 0.717) is 26.2 Å². The Bertz CT molecular complexity index is 470. The van der Waals surface area contributed by atoms with E-state index in [-0.39, 0.29) is 5.97 Å². The molecule has 116 valence electrons. The van der Waals surface area contributed by atoms with Gasteiger partial charge in [-0.3, -0.25) is 4.79 Å². The molecule has 6 heteroatoms. The van der Waals surface area contributed by atoms with E-state index in [1.807, 2.05) is 17.0 Å². The fraction of sp³-hybridized carbons (Fsp3) is 0.667. The predicted molar refractivity (Wildman–Crippen MR) is 80.1 cm³/mol. The normalized spacial score (nSPS) is 13.3. The number of hydrogen-bond donors (Lipinski definition) is 0. The number of aromatic nitrogens is 3. The van der Waals surface area contributed by atoms with Crippen LogP contribution in [0.4, 0.5) is 0 Å². The van der Waals surface area contributed by atoms with E-state index >= 15 is 0 Å². The smallest absolute Gasteiger partial charge is 0.305 e. The third kappa shape index (κ3) is 5.21. The zero-order valence-corrected chi connectivity index (χ0v) is 12.7. The summed E-state index contributed by atoms with van der Waals surface area (Å²) in [5.41, 5.74) is 0. The molecule has 0 spiro atoms. The lowest BCUT2D eigenvalue weighted by Crippen LogP contribution is -2.29. The Labute approximate surface area is 125 Å². The number of rotatable bonds is 9. The third-order valence-electron chi connectivity index (χ3n) is 3.52. The van der Waals surface area contributed by atoms with Gasteiger partial charge in [-0.25, -0.2) is 9.67 Å². The molecule has 1 aromatic heterocycles. The largest absolute Gasteiger partial charge is 0.464 e. The monoisotopic (exact) mass is 292 g/mol. The number of hydrogen-bond acceptors (Lipinski definition) is 5. The van der Waals surface area contributed by atoms with Gasteiger partial charge in [0.1, 0.15) is 19.6 Å². The second kappa shape index (κ2) is 8.44. The predicted octanol–water partition coefficient (Wildman–Crippen LogP) is 2.43. The fourth-order valence-corrected chi connectivity index (χ4v) is 2.27. The highest BCUT2D eigenvalue weighted by Crippen LogP contribution is 2.09. The number of ether oxygens (including phenoxy) is 1. The zero-order chi connectivity index (χ0) is 14.9. The summed E-state index contributed by atoms with van der Waals surface area (Å²) in [7, 11) is 0. The van der Waals surface area contributed by atoms with Crippen molar-refractivity contribution in [1.82, 2.24) is 19.7 Å². The molecule has 21 heavy (non-hydrogen) atoms. The van der Waals surface area contributed by atoms with E-state index in [9.17, 15) is 4.79 Å². The summed E-state index contributed by atoms with van der Waals surface area (Å²) in [6.07, 6.45) is 11.7. The highest BCUT2D eigenvalue weighted by Gasteiger charge is 2.11. The molecule has 6 nitrogen and oxygen atoms in total. The van der Waals surface area contributed by atoms with Crippen LogP contribution < -0.4 is 0 Å². The van der Waals surface area contributed by atoms with E-state index in [0.717, 1.165) is 18.7 Å². The molecule has 0 radical (unpaired) electrons. The molecule has 0 saturated heterocycles. The quantitative estimate of drug-likeness (QED) is 0.517. The highest BCUT2D eigenvalue weighted by molar-refractivity contribution is 5.69. The van der Waals surface area contributed by atoms with Crippen molar-refractivity contribution in [2.45, 2.75) is 52.1 Å². The molecule has 1 aromatic rings. The Kier molecular flexibility index (Phi) is 6.24. The number of unbranched alkanes of at least 4 members (excludes halogenated alkanes) is 4. The minimum absolute atomic E-state index is 0.0890. The first kappa shape index (κ1) is 15.5. The Morgan fingerprint density at radius 2 is 2.19 bits per heavy atom. The van der Waals surface area contributed by atoms with Crippen molar-refractivity contribution in [2.75, 3.05) is 13.2 Å². The molecular weight excluding hydrogens is 268 g/mol. The van der Waals surface area contributed by atoms with Crippen LogP contribution in [0, 0.1) is 0 Å². The molecule has 0 saturated carbocycles. The van der Waals surface area contributed by atoms with Crippen LogP contribution in [-0.4, -0.2) is 38.8 Å². The van der Waals surface area contributed by atoms with Gasteiger partial charge in [-0.2, -0.15) is 5.10 Å². The second-order valence-corrected chi connectivity index (χ2v) is 5.27. The van der Waals surface area contributed by atoms with Crippen molar-refractivity contribution in [3.8, 4) is 0 Å². The molecule has 0 amide bonds. The van der Waals surface area contributed by atoms with Crippen LogP contribution in [0.25, 0.3) is 6.08 Å². The number of nitrogens with zero attached hydrogens (tertiary/aromatic N) is 4. The van der Waals surface area contributed by atoms with Gasteiger partial charge in [-0.15, -0.1) is 0 Å². The maximum atomic E-state index is 11.6. The van der Waals surface area contributed by atoms with Crippen molar-refractivity contribution < 1.29 is 9.53 Å². The van der Waals surface area contributed by atoms with Crippen molar-refractivity contribution >= 4 is 12.0 Å². The van der Waals surface area contributed by atoms with Crippen molar-refractivity contribution in [1.29, 1.82) is 0 Å². The van der Waals surface area contributed by atoms with Crippen LogP contribution in [-0.2, 0) is 16.2 Å². The van der Waals surface area contributed by atoms with Gasteiger partial charge in [0.2, 0.25) is 0 Å². The van der Waals surface area contributed by atoms with Crippen LogP contribution >= 0.6 is 0 Å². The van der Waals surface area contributed by atoms with Gasteiger partial charge in [0.05, 0.1) is 6.54 Å². The molecule has 1 aliphatic heterocycles. The van der Waals surface area contributed by atoms with Crippen LogP contribution in [0.3, 0.4) is 0 Å². The molecule has 0 unspecified atom stereocenters. The topological polar surface area (TPSA) is 60.2 Å². The van der Waals surface area contributed by atoms with Crippen LogP contribution in [0.5, 0.6) is 0 Å². The Morgan fingerprint density at radius 3 is 3.05 bits per heavy atom. The van der Waals surface area contributed by atoms with Gasteiger partial charge in [0.25, 0.3) is 0 Å². The number of fused-ring (bicyclic) bond motifs is 1. The van der Waals surface area contributed by atoms with Gasteiger partial charge in [0.15, 0.2) is 5.82 Å². The standard InChI is InChI=1S/C15H24N4O2/c1-2-3-4-5-6-7-15(20)21-11-10-18-9-8-14-16-12-17-19(14)13-18/h8-9,12H,2-7,10-11,13H2,1H3.